The van der Waals surface area contributed by atoms with Crippen LogP contribution in [-0.4, -0.2) is 17.1 Å². The van der Waals surface area contributed by atoms with Crippen LogP contribution in [0.3, 0.4) is 0 Å². The third-order valence-electron chi connectivity index (χ3n) is 3.52. The highest BCUT2D eigenvalue weighted by Crippen LogP contribution is 2.26. The third-order valence-corrected chi connectivity index (χ3v) is 4.14. The lowest BCUT2D eigenvalue weighted by molar-refractivity contribution is 0.0955. The maximum atomic E-state index is 11.9. The second-order valence-electron chi connectivity index (χ2n) is 5.40. The van der Waals surface area contributed by atoms with Crippen LogP contribution in [0.25, 0.3) is 0 Å². The number of pyridine rings is 1. The molecule has 5 nitrogen and oxygen atoms in total. The highest BCUT2D eigenvalue weighted by Gasteiger charge is 2.04. The van der Waals surface area contributed by atoms with Crippen LogP contribution < -0.4 is 10.2 Å². The molecule has 0 aliphatic rings. The number of rotatable bonds is 6. The quantitative estimate of drug-likeness (QED) is 0.490. The highest BCUT2D eigenvalue weighted by atomic mass is 79.9. The molecule has 0 aliphatic heterocycles. The molecule has 3 aromatic rings. The molecule has 1 aromatic heterocycles. The number of hydrogen-bond donors (Lipinski definition) is 1. The first-order valence-corrected chi connectivity index (χ1v) is 8.71. The van der Waals surface area contributed by atoms with Gasteiger partial charge in [0.25, 0.3) is 5.91 Å². The van der Waals surface area contributed by atoms with E-state index in [1.54, 1.807) is 30.7 Å². The van der Waals surface area contributed by atoms with Crippen molar-refractivity contribution in [2.24, 2.45) is 5.10 Å². The van der Waals surface area contributed by atoms with Gasteiger partial charge in [-0.15, -0.1) is 0 Å². The zero-order valence-corrected chi connectivity index (χ0v) is 15.4. The Balaban J connectivity index is 1.58. The van der Waals surface area contributed by atoms with Crippen LogP contribution in [0.5, 0.6) is 5.75 Å². The van der Waals surface area contributed by atoms with E-state index in [0.29, 0.717) is 12.2 Å². The lowest BCUT2D eigenvalue weighted by atomic mass is 10.2. The van der Waals surface area contributed by atoms with Crippen LogP contribution in [0.1, 0.15) is 21.5 Å². The van der Waals surface area contributed by atoms with Crippen LogP contribution in [0.15, 0.2) is 82.6 Å². The molecule has 0 fully saturated rings. The Hall–Kier alpha value is -2.99. The molecule has 0 radical (unpaired) electrons. The van der Waals surface area contributed by atoms with Gasteiger partial charge in [0.05, 0.1) is 10.7 Å². The Morgan fingerprint density at radius 3 is 2.62 bits per heavy atom. The maximum absolute atomic E-state index is 11.9. The summed E-state index contributed by atoms with van der Waals surface area (Å²) in [5.74, 6) is 0.456. The predicted molar refractivity (Wildman–Crippen MR) is 104 cm³/mol. The fourth-order valence-corrected chi connectivity index (χ4v) is 2.69. The van der Waals surface area contributed by atoms with Crippen molar-refractivity contribution >= 4 is 28.1 Å². The van der Waals surface area contributed by atoms with Gasteiger partial charge >= 0.3 is 0 Å². The van der Waals surface area contributed by atoms with Crippen molar-refractivity contribution in [3.63, 3.8) is 0 Å². The van der Waals surface area contributed by atoms with E-state index in [9.17, 15) is 4.79 Å². The first-order chi connectivity index (χ1) is 12.7. The monoisotopic (exact) mass is 409 g/mol. The molecule has 130 valence electrons. The summed E-state index contributed by atoms with van der Waals surface area (Å²) < 4.78 is 6.63. The zero-order chi connectivity index (χ0) is 18.2. The number of hydrazone groups is 1. The number of carbonyl (C=O) groups excluding carboxylic acids is 1. The molecule has 3 rings (SSSR count). The minimum absolute atomic E-state index is 0.287. The Bertz CT molecular complexity index is 899. The highest BCUT2D eigenvalue weighted by molar-refractivity contribution is 9.10. The summed E-state index contributed by atoms with van der Waals surface area (Å²) in [5.41, 5.74) is 4.92. The summed E-state index contributed by atoms with van der Waals surface area (Å²) in [7, 11) is 0. The van der Waals surface area contributed by atoms with E-state index in [-0.39, 0.29) is 5.91 Å². The molecule has 0 bridgehead atoms. The minimum Gasteiger partial charge on any atom is -0.488 e. The van der Waals surface area contributed by atoms with Crippen molar-refractivity contribution in [1.29, 1.82) is 0 Å². The van der Waals surface area contributed by atoms with Gasteiger partial charge in [-0.25, -0.2) is 5.43 Å². The molecule has 0 saturated carbocycles. The lowest BCUT2D eigenvalue weighted by Gasteiger charge is -2.08. The van der Waals surface area contributed by atoms with E-state index in [4.69, 9.17) is 4.74 Å². The van der Waals surface area contributed by atoms with Crippen molar-refractivity contribution in [3.8, 4) is 5.75 Å². The van der Waals surface area contributed by atoms with Crippen molar-refractivity contribution in [1.82, 2.24) is 10.4 Å². The number of benzene rings is 2. The van der Waals surface area contributed by atoms with E-state index in [0.717, 1.165) is 21.3 Å². The number of ether oxygens (including phenoxy) is 1. The summed E-state index contributed by atoms with van der Waals surface area (Å²) in [4.78, 5) is 15.8. The lowest BCUT2D eigenvalue weighted by Crippen LogP contribution is -2.17. The summed E-state index contributed by atoms with van der Waals surface area (Å²) >= 11 is 3.50. The molecule has 0 unspecified atom stereocenters. The molecule has 0 atom stereocenters. The molecule has 6 heteroatoms. The van der Waals surface area contributed by atoms with E-state index < -0.39 is 0 Å². The predicted octanol–water partition coefficient (Wildman–Crippen LogP) is 4.19. The fourth-order valence-electron chi connectivity index (χ4n) is 2.18. The second kappa shape index (κ2) is 8.92. The van der Waals surface area contributed by atoms with Crippen LogP contribution in [0.4, 0.5) is 0 Å². The Labute approximate surface area is 159 Å². The molecule has 0 spiro atoms. The SMILES string of the molecule is O=C(N/N=C/c1ccc(OCc2ccccc2)c(Br)c1)c1ccncc1. The van der Waals surface area contributed by atoms with Gasteiger partial charge in [-0.1, -0.05) is 30.3 Å². The van der Waals surface area contributed by atoms with Gasteiger partial charge < -0.3 is 4.74 Å². The normalized spacial score (nSPS) is 10.7. The number of aromatic nitrogens is 1. The van der Waals surface area contributed by atoms with Crippen LogP contribution >= 0.6 is 15.9 Å². The van der Waals surface area contributed by atoms with Crippen molar-refractivity contribution in [2.45, 2.75) is 6.61 Å². The molecule has 0 saturated heterocycles. The van der Waals surface area contributed by atoms with Gasteiger partial charge in [-0.3, -0.25) is 9.78 Å². The summed E-state index contributed by atoms with van der Waals surface area (Å²) in [6, 6.07) is 18.8. The van der Waals surface area contributed by atoms with Gasteiger partial charge in [0.2, 0.25) is 0 Å². The number of carbonyl (C=O) groups is 1. The Morgan fingerprint density at radius 1 is 1.12 bits per heavy atom. The van der Waals surface area contributed by atoms with Crippen molar-refractivity contribution < 1.29 is 9.53 Å². The first-order valence-electron chi connectivity index (χ1n) is 7.92. The van der Waals surface area contributed by atoms with E-state index in [1.165, 1.54) is 0 Å². The van der Waals surface area contributed by atoms with Crippen LogP contribution in [0.2, 0.25) is 0 Å². The van der Waals surface area contributed by atoms with Crippen molar-refractivity contribution in [2.75, 3.05) is 0 Å². The smallest absolute Gasteiger partial charge is 0.271 e. The zero-order valence-electron chi connectivity index (χ0n) is 13.8. The fraction of sp³-hybridized carbons (Fsp3) is 0.0500. The maximum Gasteiger partial charge on any atom is 0.271 e. The van der Waals surface area contributed by atoms with E-state index in [1.807, 2.05) is 48.5 Å². The Kier molecular flexibility index (Phi) is 6.11. The van der Waals surface area contributed by atoms with E-state index in [2.05, 4.69) is 31.4 Å². The average molecular weight is 410 g/mol. The summed E-state index contributed by atoms with van der Waals surface area (Å²) in [5, 5.41) is 3.98. The number of nitrogens with one attached hydrogen (secondary N) is 1. The molecule has 2 aromatic carbocycles. The molecule has 0 aliphatic carbocycles. The van der Waals surface area contributed by atoms with E-state index >= 15 is 0 Å². The van der Waals surface area contributed by atoms with Gasteiger partial charge in [-0.2, -0.15) is 5.10 Å². The van der Waals surface area contributed by atoms with Crippen LogP contribution in [0, 0.1) is 0 Å². The third kappa shape index (κ3) is 5.00. The molecule has 1 heterocycles. The number of amides is 1. The first kappa shape index (κ1) is 17.8. The minimum atomic E-state index is -0.287. The number of halogens is 1. The van der Waals surface area contributed by atoms with Gasteiger partial charge in [0, 0.05) is 18.0 Å². The number of nitrogens with zero attached hydrogens (tertiary/aromatic N) is 2. The standard InChI is InChI=1S/C20H16BrN3O2/c21-18-12-16(13-23-24-20(25)17-8-10-22-11-9-17)6-7-19(18)26-14-15-4-2-1-3-5-15/h1-13H,14H2,(H,24,25)/b23-13+. The average Bonchev–Trinajstić information content (AvgIpc) is 2.69. The molecule has 1 amide bonds. The number of hydrogen-bond acceptors (Lipinski definition) is 4. The molecule has 1 N–H and O–H groups in total. The topological polar surface area (TPSA) is 63.6 Å². The molecular formula is C20H16BrN3O2. The summed E-state index contributed by atoms with van der Waals surface area (Å²) in [6.07, 6.45) is 4.69. The van der Waals surface area contributed by atoms with Gasteiger partial charge in [0.15, 0.2) is 0 Å². The van der Waals surface area contributed by atoms with Gasteiger partial charge in [0.1, 0.15) is 12.4 Å². The Morgan fingerprint density at radius 2 is 1.88 bits per heavy atom. The largest absolute Gasteiger partial charge is 0.488 e. The van der Waals surface area contributed by atoms with Gasteiger partial charge in [-0.05, 0) is 57.4 Å². The molecule has 26 heavy (non-hydrogen) atoms. The molecular weight excluding hydrogens is 394 g/mol. The summed E-state index contributed by atoms with van der Waals surface area (Å²) in [6.45, 7) is 0.495. The van der Waals surface area contributed by atoms with Crippen LogP contribution in [-0.2, 0) is 6.61 Å². The second-order valence-corrected chi connectivity index (χ2v) is 6.25. The van der Waals surface area contributed by atoms with Crippen molar-refractivity contribution in [3.05, 3.63) is 94.2 Å².